The highest BCUT2D eigenvalue weighted by Crippen LogP contribution is 2.25. The number of carbonyl (C=O) groups is 2. The molecule has 4 rings (SSSR count). The average Bonchev–Trinajstić information content (AvgIpc) is 3.21. The number of carbonyl (C=O) groups excluding carboxylic acids is 2. The highest BCUT2D eigenvalue weighted by Gasteiger charge is 2.13. The third kappa shape index (κ3) is 5.18. The Hall–Kier alpha value is -3.78. The monoisotopic (exact) mass is 460 g/mol. The van der Waals surface area contributed by atoms with Gasteiger partial charge < -0.3 is 19.9 Å². The molecule has 3 aromatic carbocycles. The maximum Gasteiger partial charge on any atom is 0.255 e. The van der Waals surface area contributed by atoms with Crippen LogP contribution in [0.25, 0.3) is 11.0 Å². The van der Waals surface area contributed by atoms with E-state index in [4.69, 9.17) is 4.74 Å². The van der Waals surface area contributed by atoms with E-state index < -0.39 is 0 Å². The van der Waals surface area contributed by atoms with Gasteiger partial charge >= 0.3 is 0 Å². The van der Waals surface area contributed by atoms with Gasteiger partial charge in [0.2, 0.25) is 5.91 Å². The van der Waals surface area contributed by atoms with Gasteiger partial charge in [-0.05, 0) is 55.5 Å². The van der Waals surface area contributed by atoms with E-state index in [1.54, 1.807) is 43.5 Å². The summed E-state index contributed by atoms with van der Waals surface area (Å²) in [6.45, 7) is 2.84. The summed E-state index contributed by atoms with van der Waals surface area (Å²) in [6, 6.07) is 21.9. The molecule has 0 saturated carbocycles. The van der Waals surface area contributed by atoms with Crippen LogP contribution in [-0.4, -0.2) is 34.2 Å². The molecule has 0 aliphatic rings. The van der Waals surface area contributed by atoms with Gasteiger partial charge in [0.1, 0.15) is 5.75 Å². The van der Waals surface area contributed by atoms with Crippen molar-refractivity contribution >= 4 is 46.0 Å². The third-order valence-corrected chi connectivity index (χ3v) is 6.03. The van der Waals surface area contributed by atoms with Crippen molar-refractivity contribution in [1.82, 2.24) is 9.55 Å². The smallest absolute Gasteiger partial charge is 0.255 e. The average molecular weight is 461 g/mol. The van der Waals surface area contributed by atoms with Crippen molar-refractivity contribution in [3.05, 3.63) is 78.4 Å². The first kappa shape index (κ1) is 22.4. The van der Waals surface area contributed by atoms with Crippen molar-refractivity contribution in [3.8, 4) is 5.75 Å². The van der Waals surface area contributed by atoms with Crippen molar-refractivity contribution in [3.63, 3.8) is 0 Å². The van der Waals surface area contributed by atoms with Crippen molar-refractivity contribution in [2.75, 3.05) is 23.5 Å². The van der Waals surface area contributed by atoms with Gasteiger partial charge in [0.15, 0.2) is 5.16 Å². The van der Waals surface area contributed by atoms with Crippen LogP contribution < -0.4 is 15.4 Å². The van der Waals surface area contributed by atoms with Gasteiger partial charge in [-0.3, -0.25) is 9.59 Å². The molecule has 0 radical (unpaired) electrons. The van der Waals surface area contributed by atoms with E-state index in [1.165, 1.54) is 11.8 Å². The lowest BCUT2D eigenvalue weighted by molar-refractivity contribution is -0.113. The van der Waals surface area contributed by atoms with Gasteiger partial charge in [-0.15, -0.1) is 0 Å². The molecule has 0 bridgehead atoms. The van der Waals surface area contributed by atoms with Crippen LogP contribution in [0.5, 0.6) is 5.75 Å². The zero-order valence-electron chi connectivity index (χ0n) is 18.4. The molecule has 0 atom stereocenters. The predicted octanol–water partition coefficient (Wildman–Crippen LogP) is 5.05. The number of fused-ring (bicyclic) bond motifs is 1. The lowest BCUT2D eigenvalue weighted by Gasteiger charge is -2.10. The minimum Gasteiger partial charge on any atom is -0.495 e. The first-order valence-electron chi connectivity index (χ1n) is 10.5. The van der Waals surface area contributed by atoms with Crippen molar-refractivity contribution in [2.24, 2.45) is 0 Å². The fourth-order valence-electron chi connectivity index (χ4n) is 3.44. The molecule has 0 unspecified atom stereocenters. The van der Waals surface area contributed by atoms with Crippen LogP contribution in [0.4, 0.5) is 11.4 Å². The van der Waals surface area contributed by atoms with E-state index in [-0.39, 0.29) is 17.6 Å². The molecule has 7 nitrogen and oxygen atoms in total. The topological polar surface area (TPSA) is 85.2 Å². The van der Waals surface area contributed by atoms with Crippen molar-refractivity contribution in [1.29, 1.82) is 0 Å². The number of imidazole rings is 1. The number of anilines is 2. The van der Waals surface area contributed by atoms with Crippen LogP contribution in [0.2, 0.25) is 0 Å². The van der Waals surface area contributed by atoms with E-state index >= 15 is 0 Å². The first-order valence-corrected chi connectivity index (χ1v) is 11.5. The van der Waals surface area contributed by atoms with Crippen LogP contribution in [0.1, 0.15) is 17.3 Å². The molecular formula is C25H24N4O3S. The number of amides is 2. The standard InChI is InChI=1S/C25H24N4O3S/c1-3-29-21-10-6-4-8-19(21)28-25(29)33-16-23(30)26-18-14-12-17(13-15-18)24(31)27-20-9-5-7-11-22(20)32-2/h4-15H,3,16H2,1-2H3,(H,26,30)(H,27,31). The Balaban J connectivity index is 1.35. The number of methoxy groups -OCH3 is 1. The summed E-state index contributed by atoms with van der Waals surface area (Å²) >= 11 is 1.40. The van der Waals surface area contributed by atoms with Gasteiger partial charge in [-0.2, -0.15) is 0 Å². The molecule has 1 heterocycles. The number of hydrogen-bond donors (Lipinski definition) is 2. The Kier molecular flexibility index (Phi) is 6.95. The SMILES string of the molecule is CCn1c(SCC(=O)Nc2ccc(C(=O)Nc3ccccc3OC)cc2)nc2ccccc21. The largest absolute Gasteiger partial charge is 0.495 e. The number of thioether (sulfide) groups is 1. The number of ether oxygens (including phenoxy) is 1. The van der Waals surface area contributed by atoms with Gasteiger partial charge in [-0.1, -0.05) is 36.0 Å². The minimum atomic E-state index is -0.258. The Morgan fingerprint density at radius 1 is 0.970 bits per heavy atom. The normalized spacial score (nSPS) is 10.7. The number of aryl methyl sites for hydroxylation is 1. The Morgan fingerprint density at radius 2 is 1.70 bits per heavy atom. The highest BCUT2D eigenvalue weighted by molar-refractivity contribution is 7.99. The second-order valence-corrected chi connectivity index (χ2v) is 8.14. The van der Waals surface area contributed by atoms with Gasteiger partial charge in [-0.25, -0.2) is 4.98 Å². The minimum absolute atomic E-state index is 0.138. The molecule has 4 aromatic rings. The van der Waals surface area contributed by atoms with Gasteiger partial charge in [0.25, 0.3) is 5.91 Å². The molecule has 2 N–H and O–H groups in total. The van der Waals surface area contributed by atoms with Crippen LogP contribution in [0.3, 0.4) is 0 Å². The van der Waals surface area contributed by atoms with E-state index in [0.29, 0.717) is 22.7 Å². The first-order chi connectivity index (χ1) is 16.1. The predicted molar refractivity (Wildman–Crippen MR) is 132 cm³/mol. The molecule has 8 heteroatoms. The summed E-state index contributed by atoms with van der Waals surface area (Å²) in [5, 5.41) is 6.52. The van der Waals surface area contributed by atoms with Crippen molar-refractivity contribution in [2.45, 2.75) is 18.6 Å². The van der Waals surface area contributed by atoms with E-state index in [1.807, 2.05) is 36.4 Å². The summed E-state index contributed by atoms with van der Waals surface area (Å²) < 4.78 is 7.36. The molecule has 33 heavy (non-hydrogen) atoms. The summed E-state index contributed by atoms with van der Waals surface area (Å²) in [4.78, 5) is 29.6. The van der Waals surface area contributed by atoms with Crippen molar-refractivity contribution < 1.29 is 14.3 Å². The van der Waals surface area contributed by atoms with Crippen LogP contribution in [0, 0.1) is 0 Å². The lowest BCUT2D eigenvalue weighted by atomic mass is 10.2. The zero-order chi connectivity index (χ0) is 23.2. The number of aromatic nitrogens is 2. The molecule has 0 aliphatic heterocycles. The van der Waals surface area contributed by atoms with E-state index in [2.05, 4.69) is 27.1 Å². The van der Waals surface area contributed by atoms with Gasteiger partial charge in [0, 0.05) is 17.8 Å². The summed E-state index contributed by atoms with van der Waals surface area (Å²) in [5.74, 6) is 0.426. The maximum absolute atomic E-state index is 12.5. The molecule has 1 aromatic heterocycles. The number of nitrogens with one attached hydrogen (secondary N) is 2. The number of rotatable bonds is 8. The molecule has 0 fully saturated rings. The molecule has 2 amide bonds. The second kappa shape index (κ2) is 10.2. The summed E-state index contributed by atoms with van der Waals surface area (Å²) in [5.41, 5.74) is 3.68. The highest BCUT2D eigenvalue weighted by atomic mass is 32.2. The molecule has 168 valence electrons. The summed E-state index contributed by atoms with van der Waals surface area (Å²) in [7, 11) is 1.55. The molecule has 0 spiro atoms. The molecule has 0 saturated heterocycles. The van der Waals surface area contributed by atoms with Gasteiger partial charge in [0.05, 0.1) is 29.6 Å². The van der Waals surface area contributed by atoms with Crippen LogP contribution in [0.15, 0.2) is 78.0 Å². The second-order valence-electron chi connectivity index (χ2n) is 7.20. The van der Waals surface area contributed by atoms with E-state index in [0.717, 1.165) is 22.7 Å². The molecule has 0 aliphatic carbocycles. The number of nitrogens with zero attached hydrogens (tertiary/aromatic N) is 2. The Labute approximate surface area is 196 Å². The maximum atomic E-state index is 12.5. The summed E-state index contributed by atoms with van der Waals surface area (Å²) in [6.07, 6.45) is 0. The van der Waals surface area contributed by atoms with Crippen LogP contribution >= 0.6 is 11.8 Å². The quantitative estimate of drug-likeness (QED) is 0.360. The van der Waals surface area contributed by atoms with Crippen LogP contribution in [-0.2, 0) is 11.3 Å². The zero-order valence-corrected chi connectivity index (χ0v) is 19.2. The Morgan fingerprint density at radius 3 is 2.45 bits per heavy atom. The third-order valence-electron chi connectivity index (χ3n) is 5.05. The fourth-order valence-corrected chi connectivity index (χ4v) is 4.32. The molecular weight excluding hydrogens is 436 g/mol. The lowest BCUT2D eigenvalue weighted by Crippen LogP contribution is -2.15. The van der Waals surface area contributed by atoms with E-state index in [9.17, 15) is 9.59 Å². The number of hydrogen-bond acceptors (Lipinski definition) is 5. The number of benzene rings is 3. The Bertz CT molecular complexity index is 1280. The fraction of sp³-hybridized carbons (Fsp3) is 0.160. The number of para-hydroxylation sites is 4.